The Bertz CT molecular complexity index is 2370. The van der Waals surface area contributed by atoms with Crippen molar-refractivity contribution in [3.63, 3.8) is 0 Å². The molecule has 0 radical (unpaired) electrons. The second-order valence-corrected chi connectivity index (χ2v) is 13.0. The summed E-state index contributed by atoms with van der Waals surface area (Å²) in [6, 6.07) is 33.0. The van der Waals surface area contributed by atoms with Crippen molar-refractivity contribution in [1.82, 2.24) is 0 Å². The predicted octanol–water partition coefficient (Wildman–Crippen LogP) is 11.9. The lowest BCUT2D eigenvalue weighted by Crippen LogP contribution is -2.17. The average molecular weight is 820 g/mol. The molecule has 4 N–H and O–H groups in total. The first-order chi connectivity index (χ1) is 26.4. The number of halogens is 4. The second-order valence-electron chi connectivity index (χ2n) is 11.4. The fourth-order valence-electron chi connectivity index (χ4n) is 5.12. The molecule has 0 aliphatic carbocycles. The van der Waals surface area contributed by atoms with Crippen molar-refractivity contribution in [2.75, 3.05) is 10.8 Å². The normalized spacial score (nSPS) is 10.7. The summed E-state index contributed by atoms with van der Waals surface area (Å²) < 4.78 is 17.9. The van der Waals surface area contributed by atoms with Gasteiger partial charge >= 0.3 is 11.9 Å². The van der Waals surface area contributed by atoms with Gasteiger partial charge in [0.2, 0.25) is 0 Å². The van der Waals surface area contributed by atoms with Crippen molar-refractivity contribution in [2.45, 2.75) is 6.61 Å². The van der Waals surface area contributed by atoms with Crippen molar-refractivity contribution >= 4 is 75.6 Å². The fourth-order valence-corrected chi connectivity index (χ4v) is 6.07. The molecule has 0 aliphatic rings. The van der Waals surface area contributed by atoms with Gasteiger partial charge in [-0.2, -0.15) is 0 Å². The average Bonchev–Trinajstić information content (AvgIpc) is 3.16. The number of carboxylic acid groups (broad SMARTS) is 2. The van der Waals surface area contributed by atoms with Crippen molar-refractivity contribution in [2.24, 2.45) is 0 Å². The lowest BCUT2D eigenvalue weighted by atomic mass is 10.1. The number of nitrogens with one attached hydrogen (secondary N) is 2. The molecule has 6 aromatic carbocycles. The van der Waals surface area contributed by atoms with Crippen molar-refractivity contribution in [1.29, 1.82) is 0 Å². The third-order valence-electron chi connectivity index (χ3n) is 7.67. The number of aromatic carboxylic acids is 2. The Balaban J connectivity index is 1.000. The molecule has 0 heterocycles. The Morgan fingerprint density at radius 1 is 0.491 bits per heavy atom. The van der Waals surface area contributed by atoms with E-state index in [1.165, 1.54) is 24.3 Å². The third kappa shape index (κ3) is 9.78. The number of hydrogen-bond acceptors (Lipinski definition) is 8. The molecule has 0 spiro atoms. The summed E-state index contributed by atoms with van der Waals surface area (Å²) in [7, 11) is 0. The SMILES string of the molecule is O=C(O)c1c(Cl)ccc(Cl)c1CONc1ccc(Oc2ccc(Oc3cccc(Oc4ccc(NC(=O)c5c(Cl)ccc(Cl)c5C(=O)O)cc4)c3)cc2)cc1. The predicted molar refractivity (Wildman–Crippen MR) is 209 cm³/mol. The summed E-state index contributed by atoms with van der Waals surface area (Å²) in [6.07, 6.45) is 0. The zero-order chi connectivity index (χ0) is 39.1. The molecule has 278 valence electrons. The van der Waals surface area contributed by atoms with Gasteiger partial charge in [0.1, 0.15) is 41.1 Å². The van der Waals surface area contributed by atoms with E-state index in [4.69, 9.17) is 65.5 Å². The highest BCUT2D eigenvalue weighted by molar-refractivity contribution is 6.39. The van der Waals surface area contributed by atoms with Crippen LogP contribution >= 0.6 is 46.4 Å². The first-order valence-corrected chi connectivity index (χ1v) is 17.5. The van der Waals surface area contributed by atoms with Gasteiger partial charge in [0, 0.05) is 22.3 Å². The van der Waals surface area contributed by atoms with Crippen LogP contribution in [0.4, 0.5) is 11.4 Å². The van der Waals surface area contributed by atoms with Crippen LogP contribution in [0, 0.1) is 0 Å². The molecular weight excluding hydrogens is 794 g/mol. The summed E-state index contributed by atoms with van der Waals surface area (Å²) in [6.45, 7) is -0.134. The minimum Gasteiger partial charge on any atom is -0.478 e. The van der Waals surface area contributed by atoms with E-state index in [1.54, 1.807) is 97.1 Å². The summed E-state index contributed by atoms with van der Waals surface area (Å²) in [5.41, 5.74) is 3.23. The molecule has 0 bridgehead atoms. The molecule has 55 heavy (non-hydrogen) atoms. The fraction of sp³-hybridized carbons (Fsp3) is 0.0250. The van der Waals surface area contributed by atoms with E-state index < -0.39 is 17.8 Å². The summed E-state index contributed by atoms with van der Waals surface area (Å²) in [4.78, 5) is 41.7. The number of carbonyl (C=O) groups excluding carboxylic acids is 1. The minimum absolute atomic E-state index is 0.0473. The number of ether oxygens (including phenoxy) is 3. The van der Waals surface area contributed by atoms with Crippen molar-refractivity contribution < 1.29 is 43.6 Å². The molecule has 0 aromatic heterocycles. The maximum Gasteiger partial charge on any atom is 0.338 e. The smallest absolute Gasteiger partial charge is 0.338 e. The second kappa shape index (κ2) is 17.5. The van der Waals surface area contributed by atoms with Crippen LogP contribution < -0.4 is 25.0 Å². The molecule has 1 amide bonds. The van der Waals surface area contributed by atoms with Gasteiger partial charge in [-0.05, 0) is 109 Å². The number of hydrogen-bond donors (Lipinski definition) is 4. The van der Waals surface area contributed by atoms with Gasteiger partial charge < -0.3 is 29.7 Å². The Labute approximate surface area is 333 Å². The van der Waals surface area contributed by atoms with Gasteiger partial charge in [0.15, 0.2) is 0 Å². The van der Waals surface area contributed by atoms with E-state index in [1.807, 2.05) is 0 Å². The topological polar surface area (TPSA) is 153 Å². The molecule has 0 saturated carbocycles. The first-order valence-electron chi connectivity index (χ1n) is 16.0. The van der Waals surface area contributed by atoms with Gasteiger partial charge in [-0.15, -0.1) is 0 Å². The zero-order valence-electron chi connectivity index (χ0n) is 28.0. The molecule has 0 fully saturated rings. The lowest BCUT2D eigenvalue weighted by Gasteiger charge is -2.13. The van der Waals surface area contributed by atoms with E-state index in [0.29, 0.717) is 45.9 Å². The molecule has 0 atom stereocenters. The number of carbonyl (C=O) groups is 3. The Kier molecular flexibility index (Phi) is 12.3. The molecule has 6 aromatic rings. The van der Waals surface area contributed by atoms with Crippen LogP contribution in [0.1, 0.15) is 36.6 Å². The lowest BCUT2D eigenvalue weighted by molar-refractivity contribution is 0.0682. The van der Waals surface area contributed by atoms with Crippen LogP contribution in [0.15, 0.2) is 121 Å². The molecule has 0 saturated heterocycles. The standard InChI is InChI=1S/C40H26Cl4N2O9/c41-31-16-17-32(42)35(39(48)49)30(31)21-52-46-23-6-10-24(11-7-23)53-26-12-14-27(15-13-26)55-29-3-1-2-28(20-29)54-25-8-4-22(5-9-25)45-38(47)36-33(43)18-19-34(44)37(36)40(50)51/h1-20,46H,21H2,(H,45,47)(H,48,49)(H,50,51). The molecular formula is C40H26Cl4N2O9. The first kappa shape index (κ1) is 38.8. The Hall–Kier alpha value is -5.95. The maximum atomic E-state index is 12.9. The van der Waals surface area contributed by atoms with Crippen molar-refractivity contribution in [3.8, 4) is 34.5 Å². The van der Waals surface area contributed by atoms with Gasteiger partial charge in [-0.25, -0.2) is 9.59 Å². The van der Waals surface area contributed by atoms with Crippen LogP contribution in [0.3, 0.4) is 0 Å². The highest BCUT2D eigenvalue weighted by atomic mass is 35.5. The summed E-state index contributed by atoms with van der Waals surface area (Å²) >= 11 is 24.3. The van der Waals surface area contributed by atoms with Gasteiger partial charge in [-0.3, -0.25) is 15.1 Å². The third-order valence-corrected chi connectivity index (χ3v) is 8.97. The van der Waals surface area contributed by atoms with Crippen LogP contribution in [0.5, 0.6) is 34.5 Å². The van der Waals surface area contributed by atoms with E-state index in [-0.39, 0.29) is 49.0 Å². The largest absolute Gasteiger partial charge is 0.478 e. The molecule has 0 aliphatic heterocycles. The highest BCUT2D eigenvalue weighted by Crippen LogP contribution is 2.33. The number of carboxylic acids is 2. The quantitative estimate of drug-likeness (QED) is 0.0781. The van der Waals surface area contributed by atoms with Crippen LogP contribution in [0.25, 0.3) is 0 Å². The van der Waals surface area contributed by atoms with Crippen LogP contribution in [0.2, 0.25) is 20.1 Å². The van der Waals surface area contributed by atoms with Gasteiger partial charge in [-0.1, -0.05) is 52.5 Å². The van der Waals surface area contributed by atoms with Gasteiger partial charge in [0.25, 0.3) is 5.91 Å². The summed E-state index contributed by atoms with van der Waals surface area (Å²) in [5, 5.41) is 21.8. The molecule has 11 nitrogen and oxygen atoms in total. The number of anilines is 2. The Morgan fingerprint density at radius 2 is 0.909 bits per heavy atom. The molecule has 0 unspecified atom stereocenters. The van der Waals surface area contributed by atoms with E-state index in [2.05, 4.69) is 10.8 Å². The molecule has 15 heteroatoms. The summed E-state index contributed by atoms with van der Waals surface area (Å²) in [5.74, 6) is -0.149. The maximum absolute atomic E-state index is 12.9. The van der Waals surface area contributed by atoms with E-state index in [9.17, 15) is 24.6 Å². The van der Waals surface area contributed by atoms with E-state index >= 15 is 0 Å². The number of amides is 1. The number of benzene rings is 6. The van der Waals surface area contributed by atoms with Crippen molar-refractivity contribution in [3.05, 3.63) is 164 Å². The van der Waals surface area contributed by atoms with Gasteiger partial charge in [0.05, 0.1) is 37.4 Å². The number of rotatable bonds is 14. The van der Waals surface area contributed by atoms with Crippen LogP contribution in [-0.4, -0.2) is 28.1 Å². The zero-order valence-corrected chi connectivity index (χ0v) is 31.0. The molecule has 6 rings (SSSR count). The monoisotopic (exact) mass is 818 g/mol. The highest BCUT2D eigenvalue weighted by Gasteiger charge is 2.23. The minimum atomic E-state index is -1.38. The van der Waals surface area contributed by atoms with E-state index in [0.717, 1.165) is 0 Å². The Morgan fingerprint density at radius 3 is 1.42 bits per heavy atom. The van der Waals surface area contributed by atoms with Crippen LogP contribution in [-0.2, 0) is 11.4 Å².